The number of carbonyl (C=O) groups is 2. The first-order valence-electron chi connectivity index (χ1n) is 5.88. The van der Waals surface area contributed by atoms with Gasteiger partial charge in [0.05, 0.1) is 21.8 Å². The Morgan fingerprint density at radius 1 is 0.955 bits per heavy atom. The molecule has 0 bridgehead atoms. The van der Waals surface area contributed by atoms with Crippen LogP contribution in [0.15, 0.2) is 52.3 Å². The molecule has 0 aliphatic carbocycles. The van der Waals surface area contributed by atoms with Crippen molar-refractivity contribution in [3.05, 3.63) is 63.7 Å². The van der Waals surface area contributed by atoms with Gasteiger partial charge < -0.3 is 19.8 Å². The largest absolute Gasteiger partial charge is 0.545 e. The minimum absolute atomic E-state index is 0.106. The Kier molecular flexibility index (Phi) is 4.42. The van der Waals surface area contributed by atoms with E-state index >= 15 is 0 Å². The molecule has 2 rings (SSSR count). The quantitative estimate of drug-likeness (QED) is 0.580. The van der Waals surface area contributed by atoms with Crippen LogP contribution in [0.1, 0.15) is 20.7 Å². The van der Waals surface area contributed by atoms with Gasteiger partial charge in [-0.15, -0.1) is 0 Å². The lowest BCUT2D eigenvalue weighted by molar-refractivity contribution is -0.387. The van der Waals surface area contributed by atoms with Crippen LogP contribution < -0.4 is 10.2 Å². The maximum Gasteiger partial charge on any atom is 0.283 e. The number of hydrogen-bond acceptors (Lipinski definition) is 7. The number of carboxylic acid groups (broad SMARTS) is 2. The zero-order valence-corrected chi connectivity index (χ0v) is 11.7. The van der Waals surface area contributed by atoms with Gasteiger partial charge in [0, 0.05) is 22.1 Å². The predicted octanol–water partition coefficient (Wildman–Crippen LogP) is 0.473. The number of nitro benzene ring substituents is 1. The summed E-state index contributed by atoms with van der Waals surface area (Å²) < 4.78 is 0. The lowest BCUT2D eigenvalue weighted by Gasteiger charge is -2.10. The van der Waals surface area contributed by atoms with E-state index in [2.05, 4.69) is 0 Å². The predicted molar refractivity (Wildman–Crippen MR) is 72.3 cm³/mol. The van der Waals surface area contributed by atoms with E-state index in [0.29, 0.717) is 0 Å². The smallest absolute Gasteiger partial charge is 0.283 e. The first-order valence-corrected chi connectivity index (χ1v) is 6.70. The molecule has 0 fully saturated rings. The summed E-state index contributed by atoms with van der Waals surface area (Å²) in [7, 11) is 0. The van der Waals surface area contributed by atoms with Gasteiger partial charge >= 0.3 is 0 Å². The second kappa shape index (κ2) is 6.27. The highest BCUT2D eigenvalue weighted by atomic mass is 32.2. The molecule has 0 saturated carbocycles. The molecule has 8 heteroatoms. The van der Waals surface area contributed by atoms with Gasteiger partial charge in [-0.05, 0) is 12.1 Å². The van der Waals surface area contributed by atoms with Crippen LogP contribution in [0.3, 0.4) is 0 Å². The highest BCUT2D eigenvalue weighted by Crippen LogP contribution is 2.36. The van der Waals surface area contributed by atoms with Crippen LogP contribution in [0.4, 0.5) is 5.69 Å². The van der Waals surface area contributed by atoms with E-state index in [1.54, 1.807) is 6.07 Å². The summed E-state index contributed by atoms with van der Waals surface area (Å²) in [5.41, 5.74) is -0.880. The van der Waals surface area contributed by atoms with E-state index in [1.807, 2.05) is 0 Å². The van der Waals surface area contributed by atoms with E-state index in [0.717, 1.165) is 23.9 Å². The molecular weight excluding hydrogens is 310 g/mol. The van der Waals surface area contributed by atoms with Crippen LogP contribution in [-0.4, -0.2) is 16.9 Å². The van der Waals surface area contributed by atoms with Gasteiger partial charge in [0.25, 0.3) is 5.69 Å². The van der Waals surface area contributed by atoms with Gasteiger partial charge in [-0.1, -0.05) is 36.0 Å². The highest BCUT2D eigenvalue weighted by molar-refractivity contribution is 7.99. The van der Waals surface area contributed by atoms with Crippen molar-refractivity contribution in [1.82, 2.24) is 0 Å². The molecule has 0 amide bonds. The number of carboxylic acids is 2. The maximum atomic E-state index is 11.1. The second-order valence-electron chi connectivity index (χ2n) is 4.11. The summed E-state index contributed by atoms with van der Waals surface area (Å²) >= 11 is 0.842. The summed E-state index contributed by atoms with van der Waals surface area (Å²) in [6, 6.07) is 9.15. The molecule has 22 heavy (non-hydrogen) atoms. The number of rotatable bonds is 5. The van der Waals surface area contributed by atoms with Crippen LogP contribution in [0, 0.1) is 10.1 Å². The number of nitrogens with zero attached hydrogens (tertiary/aromatic N) is 1. The number of nitro groups is 1. The van der Waals surface area contributed by atoms with E-state index < -0.39 is 22.5 Å². The zero-order chi connectivity index (χ0) is 16.3. The van der Waals surface area contributed by atoms with Gasteiger partial charge in [0.1, 0.15) is 0 Å². The number of aromatic carboxylic acids is 2. The first-order chi connectivity index (χ1) is 10.4. The lowest BCUT2D eigenvalue weighted by Crippen LogP contribution is -2.23. The number of benzene rings is 2. The van der Waals surface area contributed by atoms with Gasteiger partial charge in [0.15, 0.2) is 0 Å². The van der Waals surface area contributed by atoms with Crippen LogP contribution in [-0.2, 0) is 0 Å². The molecule has 0 saturated heterocycles. The standard InChI is InChI=1S/C14H9NO6S/c16-13(17)8-5-6-12(10(7-8)15(20)21)22-11-4-2-1-3-9(11)14(18)19/h1-7H,(H,16,17)(H,18,19)/p-2. The molecule has 0 spiro atoms. The van der Waals surface area contributed by atoms with Crippen molar-refractivity contribution in [2.75, 3.05) is 0 Å². The van der Waals surface area contributed by atoms with Crippen LogP contribution in [0.2, 0.25) is 0 Å². The first kappa shape index (κ1) is 15.5. The van der Waals surface area contributed by atoms with Crippen molar-refractivity contribution in [3.8, 4) is 0 Å². The van der Waals surface area contributed by atoms with Crippen molar-refractivity contribution in [2.24, 2.45) is 0 Å². The minimum Gasteiger partial charge on any atom is -0.545 e. The molecule has 0 radical (unpaired) electrons. The average Bonchev–Trinajstić information content (AvgIpc) is 2.47. The van der Waals surface area contributed by atoms with Crippen molar-refractivity contribution in [1.29, 1.82) is 0 Å². The topological polar surface area (TPSA) is 123 Å². The number of hydrogen-bond donors (Lipinski definition) is 0. The SMILES string of the molecule is O=C([O-])c1ccc(Sc2ccccc2C(=O)[O-])c([N+](=O)[O-])c1. The van der Waals surface area contributed by atoms with Gasteiger partial charge in [-0.25, -0.2) is 0 Å². The fourth-order valence-electron chi connectivity index (χ4n) is 1.72. The van der Waals surface area contributed by atoms with Gasteiger partial charge in [0.2, 0.25) is 0 Å². The maximum absolute atomic E-state index is 11.1. The minimum atomic E-state index is -1.53. The Hall–Kier alpha value is -2.87. The molecule has 0 unspecified atom stereocenters. The van der Waals surface area contributed by atoms with E-state index in [-0.39, 0.29) is 20.9 Å². The van der Waals surface area contributed by atoms with Crippen LogP contribution in [0.5, 0.6) is 0 Å². The molecule has 0 aromatic heterocycles. The van der Waals surface area contributed by atoms with Gasteiger partial charge in [-0.2, -0.15) is 0 Å². The van der Waals surface area contributed by atoms with E-state index in [9.17, 15) is 29.9 Å². The Bertz CT molecular complexity index is 774. The van der Waals surface area contributed by atoms with E-state index in [4.69, 9.17) is 0 Å². The fraction of sp³-hybridized carbons (Fsp3) is 0. The Labute approximate surface area is 128 Å². The molecular formula is C14H7NO6S-2. The second-order valence-corrected chi connectivity index (χ2v) is 5.20. The molecule has 0 N–H and O–H groups in total. The van der Waals surface area contributed by atoms with E-state index in [1.165, 1.54) is 24.3 Å². The Balaban J connectivity index is 2.48. The molecule has 0 aliphatic heterocycles. The lowest BCUT2D eigenvalue weighted by atomic mass is 10.2. The Morgan fingerprint density at radius 3 is 2.23 bits per heavy atom. The molecule has 112 valence electrons. The van der Waals surface area contributed by atoms with Crippen molar-refractivity contribution in [3.63, 3.8) is 0 Å². The fourth-order valence-corrected chi connectivity index (χ4v) is 2.74. The molecule has 0 heterocycles. The normalized spacial score (nSPS) is 10.2. The third-order valence-corrected chi connectivity index (χ3v) is 3.86. The van der Waals surface area contributed by atoms with Crippen molar-refractivity contribution >= 4 is 29.4 Å². The third-order valence-electron chi connectivity index (χ3n) is 2.72. The summed E-state index contributed by atoms with van der Waals surface area (Å²) in [4.78, 5) is 32.5. The van der Waals surface area contributed by atoms with Crippen LogP contribution >= 0.6 is 11.8 Å². The summed E-state index contributed by atoms with van der Waals surface area (Å²) in [5.74, 6) is -2.94. The Morgan fingerprint density at radius 2 is 1.64 bits per heavy atom. The molecule has 2 aromatic rings. The molecule has 2 aromatic carbocycles. The summed E-state index contributed by atoms with van der Waals surface area (Å²) in [6.45, 7) is 0. The van der Waals surface area contributed by atoms with Crippen molar-refractivity contribution < 1.29 is 24.7 Å². The molecule has 0 aliphatic rings. The highest BCUT2D eigenvalue weighted by Gasteiger charge is 2.17. The van der Waals surface area contributed by atoms with Crippen molar-refractivity contribution in [2.45, 2.75) is 9.79 Å². The summed E-state index contributed by atoms with van der Waals surface area (Å²) in [6.07, 6.45) is 0. The molecule has 0 atom stereocenters. The zero-order valence-electron chi connectivity index (χ0n) is 10.8. The summed E-state index contributed by atoms with van der Waals surface area (Å²) in [5, 5.41) is 32.8. The van der Waals surface area contributed by atoms with Crippen LogP contribution in [0.25, 0.3) is 0 Å². The molecule has 7 nitrogen and oxygen atoms in total. The van der Waals surface area contributed by atoms with Gasteiger partial charge in [-0.3, -0.25) is 10.1 Å². The number of carbonyl (C=O) groups excluding carboxylic acids is 2. The average molecular weight is 317 g/mol. The monoisotopic (exact) mass is 317 g/mol. The third kappa shape index (κ3) is 3.23.